The van der Waals surface area contributed by atoms with E-state index in [1.54, 1.807) is 11.9 Å². The van der Waals surface area contributed by atoms with Gasteiger partial charge in [0.2, 0.25) is 10.1 Å². The molecule has 0 atom stereocenters. The molecule has 0 saturated carbocycles. The van der Waals surface area contributed by atoms with Crippen molar-refractivity contribution < 1.29 is 4.79 Å². The van der Waals surface area contributed by atoms with E-state index in [9.17, 15) is 4.79 Å². The number of rotatable bonds is 5. The highest BCUT2D eigenvalue weighted by molar-refractivity contribution is 7.17. The topological polar surface area (TPSA) is 58.1 Å². The van der Waals surface area contributed by atoms with E-state index in [1.807, 2.05) is 37.3 Å². The second kappa shape index (κ2) is 6.29. The molecule has 0 unspecified atom stereocenters. The van der Waals surface area contributed by atoms with Crippen molar-refractivity contribution in [2.75, 3.05) is 18.9 Å². The van der Waals surface area contributed by atoms with Gasteiger partial charge in [0.05, 0.1) is 0 Å². The quantitative estimate of drug-likeness (QED) is 0.910. The van der Waals surface area contributed by atoms with Crippen LogP contribution in [0.15, 0.2) is 30.3 Å². The van der Waals surface area contributed by atoms with Crippen molar-refractivity contribution in [2.24, 2.45) is 0 Å². The summed E-state index contributed by atoms with van der Waals surface area (Å²) < 4.78 is 0. The Balaban J connectivity index is 2.02. The van der Waals surface area contributed by atoms with Crippen molar-refractivity contribution in [1.29, 1.82) is 0 Å². The van der Waals surface area contributed by atoms with Crippen LogP contribution in [0.3, 0.4) is 0 Å². The normalized spacial score (nSPS) is 10.2. The molecule has 0 saturated heterocycles. The van der Waals surface area contributed by atoms with E-state index >= 15 is 0 Å². The van der Waals surface area contributed by atoms with E-state index in [-0.39, 0.29) is 5.91 Å². The number of benzene rings is 1. The Hall–Kier alpha value is -1.95. The Morgan fingerprint density at radius 3 is 2.74 bits per heavy atom. The summed E-state index contributed by atoms with van der Waals surface area (Å²) in [7, 11) is 1.77. The first-order valence-corrected chi connectivity index (χ1v) is 6.89. The number of nitrogens with zero attached hydrogens (tertiary/aromatic N) is 3. The minimum absolute atomic E-state index is 0.106. The van der Waals surface area contributed by atoms with Crippen LogP contribution in [0.25, 0.3) is 0 Å². The van der Waals surface area contributed by atoms with Crippen molar-refractivity contribution in [3.05, 3.63) is 40.9 Å². The zero-order valence-corrected chi connectivity index (χ0v) is 11.8. The van der Waals surface area contributed by atoms with Gasteiger partial charge >= 0.3 is 0 Å². The Labute approximate surface area is 116 Å². The number of anilines is 1. The van der Waals surface area contributed by atoms with E-state index in [2.05, 4.69) is 15.5 Å². The monoisotopic (exact) mass is 276 g/mol. The van der Waals surface area contributed by atoms with Crippen LogP contribution in [0, 0.1) is 0 Å². The molecule has 1 N–H and O–H groups in total. The zero-order chi connectivity index (χ0) is 13.7. The summed E-state index contributed by atoms with van der Waals surface area (Å²) in [6.45, 7) is 3.31. The zero-order valence-electron chi connectivity index (χ0n) is 11.0. The van der Waals surface area contributed by atoms with E-state index in [4.69, 9.17) is 0 Å². The minimum atomic E-state index is -0.106. The lowest BCUT2D eigenvalue weighted by atomic mass is 10.2. The first kappa shape index (κ1) is 13.5. The van der Waals surface area contributed by atoms with Crippen LogP contribution in [0.4, 0.5) is 5.13 Å². The Kier molecular flexibility index (Phi) is 4.46. The molecular formula is C13H16N4OS. The van der Waals surface area contributed by atoms with Crippen LogP contribution in [-0.2, 0) is 6.54 Å². The molecule has 0 aliphatic rings. The molecule has 0 aliphatic carbocycles. The largest absolute Gasteiger partial charge is 0.360 e. The summed E-state index contributed by atoms with van der Waals surface area (Å²) >= 11 is 1.28. The highest BCUT2D eigenvalue weighted by Crippen LogP contribution is 2.17. The van der Waals surface area contributed by atoms with Gasteiger partial charge in [0, 0.05) is 20.1 Å². The number of hydrogen-bond donors (Lipinski definition) is 1. The van der Waals surface area contributed by atoms with Gasteiger partial charge in [-0.25, -0.2) is 0 Å². The molecule has 2 rings (SSSR count). The van der Waals surface area contributed by atoms with Gasteiger partial charge in [0.15, 0.2) is 0 Å². The van der Waals surface area contributed by atoms with Gasteiger partial charge in [-0.15, -0.1) is 10.2 Å². The van der Waals surface area contributed by atoms with Crippen molar-refractivity contribution in [3.8, 4) is 0 Å². The number of amides is 1. The van der Waals surface area contributed by atoms with Gasteiger partial charge < -0.3 is 10.2 Å². The Morgan fingerprint density at radius 1 is 1.32 bits per heavy atom. The van der Waals surface area contributed by atoms with Crippen LogP contribution in [0.1, 0.15) is 22.3 Å². The summed E-state index contributed by atoms with van der Waals surface area (Å²) in [5.74, 6) is -0.106. The standard InChI is InChI=1S/C13H16N4OS/c1-3-14-13-16-15-11(19-13)12(18)17(2)9-10-7-5-4-6-8-10/h4-8H,3,9H2,1-2H3,(H,14,16). The molecule has 0 bridgehead atoms. The van der Waals surface area contributed by atoms with Crippen LogP contribution < -0.4 is 5.32 Å². The molecule has 2 aromatic rings. The maximum absolute atomic E-state index is 12.2. The molecule has 100 valence electrons. The third-order valence-corrected chi connectivity index (χ3v) is 3.41. The molecule has 0 spiro atoms. The number of nitrogens with one attached hydrogen (secondary N) is 1. The van der Waals surface area contributed by atoms with Crippen LogP contribution in [0.5, 0.6) is 0 Å². The highest BCUT2D eigenvalue weighted by atomic mass is 32.1. The predicted molar refractivity (Wildman–Crippen MR) is 76.3 cm³/mol. The highest BCUT2D eigenvalue weighted by Gasteiger charge is 2.17. The van der Waals surface area contributed by atoms with Gasteiger partial charge in [0.25, 0.3) is 5.91 Å². The lowest BCUT2D eigenvalue weighted by Gasteiger charge is -2.15. The second-order valence-electron chi connectivity index (χ2n) is 4.09. The Morgan fingerprint density at radius 2 is 2.05 bits per heavy atom. The maximum Gasteiger partial charge on any atom is 0.284 e. The molecule has 5 nitrogen and oxygen atoms in total. The van der Waals surface area contributed by atoms with Crippen molar-refractivity contribution >= 4 is 22.4 Å². The number of carbonyl (C=O) groups is 1. The van der Waals surface area contributed by atoms with Gasteiger partial charge in [-0.2, -0.15) is 0 Å². The molecule has 6 heteroatoms. The van der Waals surface area contributed by atoms with E-state index in [0.29, 0.717) is 16.7 Å². The fraction of sp³-hybridized carbons (Fsp3) is 0.308. The molecule has 1 aromatic heterocycles. The van der Waals surface area contributed by atoms with Crippen molar-refractivity contribution in [1.82, 2.24) is 15.1 Å². The number of carbonyl (C=O) groups excluding carboxylic acids is 1. The molecule has 1 heterocycles. The maximum atomic E-state index is 12.2. The lowest BCUT2D eigenvalue weighted by Crippen LogP contribution is -2.26. The smallest absolute Gasteiger partial charge is 0.284 e. The average Bonchev–Trinajstić information content (AvgIpc) is 2.88. The first-order valence-electron chi connectivity index (χ1n) is 6.07. The summed E-state index contributed by atoms with van der Waals surface area (Å²) in [6, 6.07) is 9.87. The summed E-state index contributed by atoms with van der Waals surface area (Å²) in [5, 5.41) is 12.0. The third-order valence-electron chi connectivity index (χ3n) is 2.55. The van der Waals surface area contributed by atoms with Gasteiger partial charge in [0.1, 0.15) is 0 Å². The van der Waals surface area contributed by atoms with Crippen molar-refractivity contribution in [2.45, 2.75) is 13.5 Å². The summed E-state index contributed by atoms with van der Waals surface area (Å²) in [4.78, 5) is 13.8. The van der Waals surface area contributed by atoms with Gasteiger partial charge in [-0.05, 0) is 12.5 Å². The fourth-order valence-electron chi connectivity index (χ4n) is 1.62. The predicted octanol–water partition coefficient (Wildman–Crippen LogP) is 2.24. The van der Waals surface area contributed by atoms with Crippen LogP contribution in [-0.4, -0.2) is 34.6 Å². The molecule has 0 aliphatic heterocycles. The van der Waals surface area contributed by atoms with Gasteiger partial charge in [-0.1, -0.05) is 41.7 Å². The average molecular weight is 276 g/mol. The van der Waals surface area contributed by atoms with E-state index in [1.165, 1.54) is 11.3 Å². The third kappa shape index (κ3) is 3.51. The fourth-order valence-corrected chi connectivity index (χ4v) is 2.43. The van der Waals surface area contributed by atoms with Crippen LogP contribution >= 0.6 is 11.3 Å². The lowest BCUT2D eigenvalue weighted by molar-refractivity contribution is 0.0784. The van der Waals surface area contributed by atoms with Crippen LogP contribution in [0.2, 0.25) is 0 Å². The minimum Gasteiger partial charge on any atom is -0.360 e. The number of hydrogen-bond acceptors (Lipinski definition) is 5. The summed E-state index contributed by atoms with van der Waals surface area (Å²) in [5.41, 5.74) is 1.09. The second-order valence-corrected chi connectivity index (χ2v) is 5.07. The van der Waals surface area contributed by atoms with E-state index in [0.717, 1.165) is 12.1 Å². The molecule has 1 amide bonds. The van der Waals surface area contributed by atoms with Crippen molar-refractivity contribution in [3.63, 3.8) is 0 Å². The molecule has 19 heavy (non-hydrogen) atoms. The van der Waals surface area contributed by atoms with Gasteiger partial charge in [-0.3, -0.25) is 4.79 Å². The van der Waals surface area contributed by atoms with E-state index < -0.39 is 0 Å². The molecule has 1 aromatic carbocycles. The number of aromatic nitrogens is 2. The molecule has 0 fully saturated rings. The Bertz CT molecular complexity index is 541. The molecule has 0 radical (unpaired) electrons. The first-order chi connectivity index (χ1) is 9.20. The SMILES string of the molecule is CCNc1nnc(C(=O)N(C)Cc2ccccc2)s1. The molecular weight excluding hydrogens is 260 g/mol. The summed E-state index contributed by atoms with van der Waals surface area (Å²) in [6.07, 6.45) is 0.